The summed E-state index contributed by atoms with van der Waals surface area (Å²) >= 11 is 0. The van der Waals surface area contributed by atoms with Gasteiger partial charge in [-0.3, -0.25) is 4.79 Å². The van der Waals surface area contributed by atoms with Crippen LogP contribution in [0.15, 0.2) is 18.2 Å². The normalized spacial score (nSPS) is 9.94. The van der Waals surface area contributed by atoms with E-state index < -0.39 is 0 Å². The Balaban J connectivity index is 2.72. The summed E-state index contributed by atoms with van der Waals surface area (Å²) in [4.78, 5) is 11.1. The lowest BCUT2D eigenvalue weighted by Gasteiger charge is -2.11. The SMILES string of the molecule is CCCOc1cc(CCC(=O)OC)ccc1OC. The molecule has 1 aromatic carbocycles. The summed E-state index contributed by atoms with van der Waals surface area (Å²) in [5.41, 5.74) is 1.03. The minimum Gasteiger partial charge on any atom is -0.493 e. The van der Waals surface area contributed by atoms with Crippen LogP contribution < -0.4 is 9.47 Å². The average molecular weight is 252 g/mol. The summed E-state index contributed by atoms with van der Waals surface area (Å²) in [5, 5.41) is 0. The third kappa shape index (κ3) is 4.28. The van der Waals surface area contributed by atoms with Crippen LogP contribution in [0.2, 0.25) is 0 Å². The predicted octanol–water partition coefficient (Wildman–Crippen LogP) is 2.59. The van der Waals surface area contributed by atoms with Gasteiger partial charge in [0.25, 0.3) is 0 Å². The molecule has 0 spiro atoms. The summed E-state index contributed by atoms with van der Waals surface area (Å²) in [6.45, 7) is 2.70. The molecule has 0 radical (unpaired) electrons. The summed E-state index contributed by atoms with van der Waals surface area (Å²) in [6, 6.07) is 5.70. The lowest BCUT2D eigenvalue weighted by atomic mass is 10.1. The molecule has 4 heteroatoms. The van der Waals surface area contributed by atoms with Crippen LogP contribution in [-0.4, -0.2) is 26.8 Å². The number of hydrogen-bond acceptors (Lipinski definition) is 4. The molecule has 18 heavy (non-hydrogen) atoms. The van der Waals surface area contributed by atoms with Gasteiger partial charge in [-0.05, 0) is 30.5 Å². The Bertz CT molecular complexity index is 387. The van der Waals surface area contributed by atoms with Gasteiger partial charge >= 0.3 is 5.97 Å². The number of methoxy groups -OCH3 is 2. The lowest BCUT2D eigenvalue weighted by Crippen LogP contribution is -2.03. The second kappa shape index (κ2) is 7.58. The highest BCUT2D eigenvalue weighted by atomic mass is 16.5. The van der Waals surface area contributed by atoms with Crippen LogP contribution in [0, 0.1) is 0 Å². The topological polar surface area (TPSA) is 44.8 Å². The first-order chi connectivity index (χ1) is 8.71. The van der Waals surface area contributed by atoms with Crippen molar-refractivity contribution in [1.82, 2.24) is 0 Å². The van der Waals surface area contributed by atoms with Crippen LogP contribution in [-0.2, 0) is 16.0 Å². The highest BCUT2D eigenvalue weighted by molar-refractivity contribution is 5.69. The van der Waals surface area contributed by atoms with Crippen LogP contribution in [0.25, 0.3) is 0 Å². The number of rotatable bonds is 7. The summed E-state index contributed by atoms with van der Waals surface area (Å²) in [5.74, 6) is 1.23. The molecule has 100 valence electrons. The molecule has 4 nitrogen and oxygen atoms in total. The Kier molecular flexibility index (Phi) is 6.05. The van der Waals surface area contributed by atoms with Crippen LogP contribution in [0.1, 0.15) is 25.3 Å². The standard InChI is InChI=1S/C14H20O4/c1-4-9-18-13-10-11(5-7-12(13)16-2)6-8-14(15)17-3/h5,7,10H,4,6,8-9H2,1-3H3. The summed E-state index contributed by atoms with van der Waals surface area (Å²) < 4.78 is 15.5. The molecule has 0 bridgehead atoms. The van der Waals surface area contributed by atoms with E-state index in [0.29, 0.717) is 25.2 Å². The molecule has 0 aliphatic heterocycles. The van der Waals surface area contributed by atoms with Gasteiger partial charge in [0.15, 0.2) is 11.5 Å². The molecule has 0 saturated heterocycles. The minimum atomic E-state index is -0.207. The van der Waals surface area contributed by atoms with Gasteiger partial charge in [0.05, 0.1) is 20.8 Å². The summed E-state index contributed by atoms with van der Waals surface area (Å²) in [6.07, 6.45) is 1.95. The van der Waals surface area contributed by atoms with Crippen LogP contribution in [0.3, 0.4) is 0 Å². The molecule has 0 aliphatic rings. The van der Waals surface area contributed by atoms with Gasteiger partial charge < -0.3 is 14.2 Å². The number of carbonyl (C=O) groups is 1. The van der Waals surface area contributed by atoms with E-state index in [1.807, 2.05) is 25.1 Å². The Morgan fingerprint density at radius 1 is 1.22 bits per heavy atom. The fourth-order valence-electron chi connectivity index (χ4n) is 1.55. The Morgan fingerprint density at radius 2 is 2.00 bits per heavy atom. The molecule has 0 saturated carbocycles. The molecular weight excluding hydrogens is 232 g/mol. The van der Waals surface area contributed by atoms with Crippen molar-refractivity contribution in [3.05, 3.63) is 23.8 Å². The molecule has 0 unspecified atom stereocenters. The highest BCUT2D eigenvalue weighted by Gasteiger charge is 2.07. The quantitative estimate of drug-likeness (QED) is 0.700. The second-order valence-corrected chi connectivity index (χ2v) is 3.91. The smallest absolute Gasteiger partial charge is 0.305 e. The second-order valence-electron chi connectivity index (χ2n) is 3.91. The molecule has 0 atom stereocenters. The maximum absolute atomic E-state index is 11.1. The third-order valence-corrected chi connectivity index (χ3v) is 2.54. The van der Waals surface area contributed by atoms with Crippen molar-refractivity contribution in [1.29, 1.82) is 0 Å². The Hall–Kier alpha value is -1.71. The van der Waals surface area contributed by atoms with Crippen molar-refractivity contribution >= 4 is 5.97 Å². The molecule has 1 rings (SSSR count). The zero-order valence-corrected chi connectivity index (χ0v) is 11.2. The fraction of sp³-hybridized carbons (Fsp3) is 0.500. The first-order valence-electron chi connectivity index (χ1n) is 6.07. The zero-order valence-electron chi connectivity index (χ0n) is 11.2. The van der Waals surface area contributed by atoms with E-state index in [1.54, 1.807) is 7.11 Å². The van der Waals surface area contributed by atoms with E-state index >= 15 is 0 Å². The highest BCUT2D eigenvalue weighted by Crippen LogP contribution is 2.28. The van der Waals surface area contributed by atoms with Crippen molar-refractivity contribution in [3.63, 3.8) is 0 Å². The fourth-order valence-corrected chi connectivity index (χ4v) is 1.55. The van der Waals surface area contributed by atoms with Crippen molar-refractivity contribution < 1.29 is 19.0 Å². The van der Waals surface area contributed by atoms with Crippen LogP contribution in [0.4, 0.5) is 0 Å². The van der Waals surface area contributed by atoms with Crippen molar-refractivity contribution in [2.24, 2.45) is 0 Å². The molecule has 0 N–H and O–H groups in total. The van der Waals surface area contributed by atoms with E-state index in [0.717, 1.165) is 17.7 Å². The maximum Gasteiger partial charge on any atom is 0.305 e. The first kappa shape index (κ1) is 14.4. The lowest BCUT2D eigenvalue weighted by molar-refractivity contribution is -0.140. The molecule has 0 amide bonds. The number of benzene rings is 1. The average Bonchev–Trinajstić information content (AvgIpc) is 2.42. The predicted molar refractivity (Wildman–Crippen MR) is 69.1 cm³/mol. The monoisotopic (exact) mass is 252 g/mol. The van der Waals surface area contributed by atoms with Crippen molar-refractivity contribution in [2.75, 3.05) is 20.8 Å². The van der Waals surface area contributed by atoms with Crippen LogP contribution in [0.5, 0.6) is 11.5 Å². The van der Waals surface area contributed by atoms with Gasteiger partial charge in [-0.2, -0.15) is 0 Å². The van der Waals surface area contributed by atoms with E-state index in [1.165, 1.54) is 7.11 Å². The van der Waals surface area contributed by atoms with Crippen LogP contribution >= 0.6 is 0 Å². The molecule has 0 heterocycles. The number of hydrogen-bond donors (Lipinski definition) is 0. The van der Waals surface area contributed by atoms with Crippen molar-refractivity contribution in [2.45, 2.75) is 26.2 Å². The van der Waals surface area contributed by atoms with E-state index in [9.17, 15) is 4.79 Å². The van der Waals surface area contributed by atoms with Crippen molar-refractivity contribution in [3.8, 4) is 11.5 Å². The molecular formula is C14H20O4. The zero-order chi connectivity index (χ0) is 13.4. The number of aryl methyl sites for hydroxylation is 1. The first-order valence-corrected chi connectivity index (χ1v) is 6.07. The maximum atomic E-state index is 11.1. The molecule has 0 fully saturated rings. The largest absolute Gasteiger partial charge is 0.493 e. The van der Waals surface area contributed by atoms with Gasteiger partial charge in [-0.1, -0.05) is 13.0 Å². The molecule has 0 aromatic heterocycles. The van der Waals surface area contributed by atoms with E-state index in [4.69, 9.17) is 9.47 Å². The number of carbonyl (C=O) groups excluding carboxylic acids is 1. The minimum absolute atomic E-state index is 0.207. The third-order valence-electron chi connectivity index (χ3n) is 2.54. The van der Waals surface area contributed by atoms with Gasteiger partial charge in [0.2, 0.25) is 0 Å². The van der Waals surface area contributed by atoms with Gasteiger partial charge in [-0.25, -0.2) is 0 Å². The molecule has 0 aliphatic carbocycles. The summed E-state index contributed by atoms with van der Waals surface area (Å²) in [7, 11) is 3.01. The van der Waals surface area contributed by atoms with Gasteiger partial charge in [-0.15, -0.1) is 0 Å². The number of esters is 1. The van der Waals surface area contributed by atoms with Gasteiger partial charge in [0.1, 0.15) is 0 Å². The Morgan fingerprint density at radius 3 is 2.61 bits per heavy atom. The van der Waals surface area contributed by atoms with E-state index in [-0.39, 0.29) is 5.97 Å². The number of ether oxygens (including phenoxy) is 3. The van der Waals surface area contributed by atoms with E-state index in [2.05, 4.69) is 4.74 Å². The van der Waals surface area contributed by atoms with Gasteiger partial charge in [0, 0.05) is 6.42 Å². The Labute approximate surface area is 108 Å². The molecule has 1 aromatic rings.